The molecule has 102 valence electrons. The first-order valence-electron chi connectivity index (χ1n) is 5.33. The van der Waals surface area contributed by atoms with Gasteiger partial charge in [-0.15, -0.1) is 0 Å². The molecule has 0 bridgehead atoms. The molecule has 9 heteroatoms. The normalized spacial score (nSPS) is 11.1. The molecule has 2 aromatic rings. The summed E-state index contributed by atoms with van der Waals surface area (Å²) in [6.07, 6.45) is 2.69. The van der Waals surface area contributed by atoms with Crippen LogP contribution in [0.15, 0.2) is 41.8 Å². The number of non-ortho nitro benzene ring substituents is 1. The molecule has 0 unspecified atom stereocenters. The maximum atomic E-state index is 10.7. The van der Waals surface area contributed by atoms with Gasteiger partial charge in [0.2, 0.25) is 5.88 Å². The number of nitro groups is 1. The number of nitrogens with zero attached hydrogens (tertiary/aromatic N) is 4. The minimum atomic E-state index is -0.548. The molecule has 0 aliphatic rings. The van der Waals surface area contributed by atoms with Crippen LogP contribution in [0.3, 0.4) is 0 Å². The van der Waals surface area contributed by atoms with E-state index in [2.05, 4.69) is 15.1 Å². The van der Waals surface area contributed by atoms with Gasteiger partial charge in [0, 0.05) is 18.5 Å². The molecule has 0 fully saturated rings. The van der Waals surface area contributed by atoms with Crippen molar-refractivity contribution in [3.8, 4) is 11.6 Å². The van der Waals surface area contributed by atoms with Crippen molar-refractivity contribution in [1.29, 1.82) is 0 Å². The fraction of sp³-hybridized carbons (Fsp3) is 0. The molecular formula is C11H9N5O4. The third-order valence-electron chi connectivity index (χ3n) is 2.26. The maximum Gasteiger partial charge on any atom is 0.273 e. The Morgan fingerprint density at radius 1 is 1.40 bits per heavy atom. The maximum absolute atomic E-state index is 10.7. The van der Waals surface area contributed by atoms with Crippen LogP contribution in [-0.4, -0.2) is 25.9 Å². The Morgan fingerprint density at radius 2 is 2.15 bits per heavy atom. The smallest absolute Gasteiger partial charge is 0.273 e. The molecule has 1 heterocycles. The molecular weight excluding hydrogens is 266 g/mol. The second-order valence-corrected chi connectivity index (χ2v) is 3.55. The number of aromatic nitrogens is 2. The van der Waals surface area contributed by atoms with E-state index in [0.29, 0.717) is 0 Å². The summed E-state index contributed by atoms with van der Waals surface area (Å²) < 4.78 is 5.37. The molecule has 20 heavy (non-hydrogen) atoms. The van der Waals surface area contributed by atoms with E-state index in [4.69, 9.17) is 15.7 Å². The highest BCUT2D eigenvalue weighted by molar-refractivity contribution is 5.97. The van der Waals surface area contributed by atoms with E-state index in [0.717, 1.165) is 0 Å². The van der Waals surface area contributed by atoms with Gasteiger partial charge in [0.25, 0.3) is 5.69 Å². The highest BCUT2D eigenvalue weighted by Gasteiger charge is 2.13. The van der Waals surface area contributed by atoms with Crippen LogP contribution in [-0.2, 0) is 0 Å². The molecule has 0 radical (unpaired) electrons. The van der Waals surface area contributed by atoms with E-state index in [1.165, 1.54) is 36.7 Å². The first-order valence-corrected chi connectivity index (χ1v) is 5.33. The van der Waals surface area contributed by atoms with Crippen molar-refractivity contribution in [3.05, 3.63) is 52.5 Å². The number of oxime groups is 1. The predicted octanol–water partition coefficient (Wildman–Crippen LogP) is 1.27. The van der Waals surface area contributed by atoms with Gasteiger partial charge in [-0.3, -0.25) is 10.1 Å². The van der Waals surface area contributed by atoms with Crippen molar-refractivity contribution >= 4 is 11.5 Å². The zero-order chi connectivity index (χ0) is 14.5. The van der Waals surface area contributed by atoms with Gasteiger partial charge < -0.3 is 15.7 Å². The van der Waals surface area contributed by atoms with E-state index < -0.39 is 4.92 Å². The zero-order valence-corrected chi connectivity index (χ0v) is 10.0. The van der Waals surface area contributed by atoms with Crippen LogP contribution < -0.4 is 10.5 Å². The minimum absolute atomic E-state index is 0.0247. The predicted molar refractivity (Wildman–Crippen MR) is 67.7 cm³/mol. The standard InChI is InChI=1S/C11H9N5O4/c12-10(15-17)9-11(14-5-4-13-9)20-8-3-1-2-7(6-8)16(18)19/h1-6,17H,(H2,12,15). The summed E-state index contributed by atoms with van der Waals surface area (Å²) in [5.41, 5.74) is 5.34. The van der Waals surface area contributed by atoms with Crippen LogP contribution in [0.4, 0.5) is 5.69 Å². The largest absolute Gasteiger partial charge is 0.437 e. The molecule has 0 aliphatic carbocycles. The molecule has 0 saturated carbocycles. The third-order valence-corrected chi connectivity index (χ3v) is 2.26. The molecule has 0 aliphatic heterocycles. The number of amidine groups is 1. The summed E-state index contributed by atoms with van der Waals surface area (Å²) in [6, 6.07) is 5.53. The third kappa shape index (κ3) is 2.77. The van der Waals surface area contributed by atoms with Crippen LogP contribution >= 0.6 is 0 Å². The number of hydrogen-bond donors (Lipinski definition) is 2. The van der Waals surface area contributed by atoms with Crippen LogP contribution in [0.5, 0.6) is 11.6 Å². The lowest BCUT2D eigenvalue weighted by Gasteiger charge is -2.07. The van der Waals surface area contributed by atoms with E-state index in [1.807, 2.05) is 0 Å². The monoisotopic (exact) mass is 275 g/mol. The Labute approximate surface area is 112 Å². The first kappa shape index (κ1) is 13.2. The molecule has 0 saturated heterocycles. The Kier molecular flexibility index (Phi) is 3.70. The lowest BCUT2D eigenvalue weighted by atomic mass is 10.3. The van der Waals surface area contributed by atoms with Crippen LogP contribution in [0.2, 0.25) is 0 Å². The number of ether oxygens (including phenoxy) is 1. The molecule has 1 aromatic heterocycles. The van der Waals surface area contributed by atoms with Gasteiger partial charge in [0.05, 0.1) is 11.0 Å². The van der Waals surface area contributed by atoms with Gasteiger partial charge in [0.15, 0.2) is 11.5 Å². The van der Waals surface area contributed by atoms with Crippen molar-refractivity contribution in [2.24, 2.45) is 10.9 Å². The Morgan fingerprint density at radius 3 is 2.85 bits per heavy atom. The molecule has 2 rings (SSSR count). The Bertz CT molecular complexity index is 673. The van der Waals surface area contributed by atoms with Gasteiger partial charge in [-0.25, -0.2) is 9.97 Å². The fourth-order valence-corrected chi connectivity index (χ4v) is 1.40. The minimum Gasteiger partial charge on any atom is -0.437 e. The number of hydrogen-bond acceptors (Lipinski definition) is 7. The molecule has 0 amide bonds. The van der Waals surface area contributed by atoms with Crippen molar-refractivity contribution in [1.82, 2.24) is 9.97 Å². The van der Waals surface area contributed by atoms with Crippen LogP contribution in [0.1, 0.15) is 5.69 Å². The second kappa shape index (κ2) is 5.61. The lowest BCUT2D eigenvalue weighted by molar-refractivity contribution is -0.384. The Hall–Kier alpha value is -3.23. The second-order valence-electron chi connectivity index (χ2n) is 3.55. The van der Waals surface area contributed by atoms with Gasteiger partial charge >= 0.3 is 0 Å². The van der Waals surface area contributed by atoms with Crippen molar-refractivity contribution in [2.45, 2.75) is 0 Å². The van der Waals surface area contributed by atoms with E-state index in [9.17, 15) is 10.1 Å². The SMILES string of the molecule is NC(=NO)c1nccnc1Oc1cccc([N+](=O)[O-])c1. The summed E-state index contributed by atoms with van der Waals surface area (Å²) in [5.74, 6) is -0.117. The van der Waals surface area contributed by atoms with Crippen molar-refractivity contribution in [3.63, 3.8) is 0 Å². The average molecular weight is 275 g/mol. The Balaban J connectivity index is 2.35. The zero-order valence-electron chi connectivity index (χ0n) is 10.0. The highest BCUT2D eigenvalue weighted by atomic mass is 16.6. The number of nitro benzene ring substituents is 1. The lowest BCUT2D eigenvalue weighted by Crippen LogP contribution is -2.16. The van der Waals surface area contributed by atoms with Crippen molar-refractivity contribution in [2.75, 3.05) is 0 Å². The fourth-order valence-electron chi connectivity index (χ4n) is 1.40. The average Bonchev–Trinajstić information content (AvgIpc) is 2.47. The van der Waals surface area contributed by atoms with E-state index >= 15 is 0 Å². The molecule has 0 atom stereocenters. The molecule has 3 N–H and O–H groups in total. The summed E-state index contributed by atoms with van der Waals surface area (Å²) >= 11 is 0. The van der Waals surface area contributed by atoms with E-state index in [1.54, 1.807) is 0 Å². The highest BCUT2D eigenvalue weighted by Crippen LogP contribution is 2.25. The summed E-state index contributed by atoms with van der Waals surface area (Å²) in [6.45, 7) is 0. The molecule has 1 aromatic carbocycles. The first-order chi connectivity index (χ1) is 9.61. The van der Waals surface area contributed by atoms with Crippen molar-refractivity contribution < 1.29 is 14.9 Å². The number of rotatable bonds is 4. The summed E-state index contributed by atoms with van der Waals surface area (Å²) in [4.78, 5) is 17.9. The topological polar surface area (TPSA) is 137 Å². The number of benzene rings is 1. The van der Waals surface area contributed by atoms with Gasteiger partial charge in [-0.2, -0.15) is 0 Å². The molecule has 9 nitrogen and oxygen atoms in total. The van der Waals surface area contributed by atoms with Gasteiger partial charge in [-0.1, -0.05) is 11.2 Å². The summed E-state index contributed by atoms with van der Waals surface area (Å²) in [7, 11) is 0. The van der Waals surface area contributed by atoms with Gasteiger partial charge in [0.1, 0.15) is 5.75 Å². The van der Waals surface area contributed by atoms with Crippen LogP contribution in [0.25, 0.3) is 0 Å². The quantitative estimate of drug-likeness (QED) is 0.282. The molecule has 0 spiro atoms. The number of nitrogens with two attached hydrogens (primary N) is 1. The van der Waals surface area contributed by atoms with Gasteiger partial charge in [-0.05, 0) is 6.07 Å². The summed E-state index contributed by atoms with van der Waals surface area (Å²) in [5, 5.41) is 22.1. The van der Waals surface area contributed by atoms with Crippen LogP contribution in [0, 0.1) is 10.1 Å². The van der Waals surface area contributed by atoms with E-state index in [-0.39, 0.29) is 28.8 Å².